The van der Waals surface area contributed by atoms with Crippen LogP contribution in [0.15, 0.2) is 60.7 Å². The lowest BCUT2D eigenvalue weighted by Crippen LogP contribution is -2.63. The third-order valence-corrected chi connectivity index (χ3v) is 10.2. The Hall–Kier alpha value is -1.94. The van der Waals surface area contributed by atoms with Crippen molar-refractivity contribution in [3.05, 3.63) is 60.7 Å². The summed E-state index contributed by atoms with van der Waals surface area (Å²) in [5.41, 5.74) is 7.46. The number of hydrogen-bond acceptors (Lipinski definition) is 3. The number of benzene rings is 2. The topological polar surface area (TPSA) is 55.3 Å². The van der Waals surface area contributed by atoms with Crippen molar-refractivity contribution in [3.8, 4) is 11.5 Å². The van der Waals surface area contributed by atoms with Crippen LogP contribution in [0.1, 0.15) is 20.8 Å². The molecule has 0 unspecified atom stereocenters. The summed E-state index contributed by atoms with van der Waals surface area (Å²) < 4.78 is 16.6. The van der Waals surface area contributed by atoms with Gasteiger partial charge in [0.15, 0.2) is 0 Å². The summed E-state index contributed by atoms with van der Waals surface area (Å²) in [4.78, 5) is 0. The molecule has 0 aliphatic heterocycles. The number of ether oxygens (including phenoxy) is 3. The quantitative estimate of drug-likeness (QED) is 0.339. The van der Waals surface area contributed by atoms with Crippen molar-refractivity contribution in [3.63, 3.8) is 0 Å². The van der Waals surface area contributed by atoms with Gasteiger partial charge in [-0.1, -0.05) is 87.4 Å². The van der Waals surface area contributed by atoms with E-state index in [-0.39, 0.29) is 5.04 Å². The Morgan fingerprint density at radius 1 is 0.733 bits per heavy atom. The molecule has 0 spiro atoms. The Balaban J connectivity index is 2.06. The normalized spacial score (nSPS) is 11.7. The first-order valence-corrected chi connectivity index (χ1v) is 12.7. The smallest absolute Gasteiger partial charge is 0.204 e. The van der Waals surface area contributed by atoms with Gasteiger partial charge in [0, 0.05) is 0 Å². The molecule has 2 aromatic carbocycles. The van der Waals surface area contributed by atoms with E-state index >= 15 is 0 Å². The molecule has 0 bridgehead atoms. The second-order valence-electron chi connectivity index (χ2n) is 8.16. The van der Waals surface area contributed by atoms with E-state index in [2.05, 4.69) is 98.6 Å². The van der Waals surface area contributed by atoms with Gasteiger partial charge in [0.1, 0.15) is 6.61 Å². The van der Waals surface area contributed by atoms with Gasteiger partial charge in [0.05, 0.1) is 39.6 Å². The highest BCUT2D eigenvalue weighted by Crippen LogP contribution is 2.35. The number of hydrogen-bond donors (Lipinski definition) is 1. The Morgan fingerprint density at radius 3 is 1.67 bits per heavy atom. The summed E-state index contributed by atoms with van der Waals surface area (Å²) in [6, 6.07) is 21.5. The molecule has 0 atom stereocenters. The van der Waals surface area contributed by atoms with Gasteiger partial charge in [-0.3, -0.25) is 0 Å². The van der Waals surface area contributed by atoms with E-state index in [1.165, 1.54) is 10.4 Å². The van der Waals surface area contributed by atoms with Gasteiger partial charge in [-0.15, -0.1) is 5.54 Å². The maximum Gasteiger partial charge on any atom is 0.204 e. The molecule has 162 valence electrons. The fraction of sp³-hybridized carbons (Fsp3) is 0.440. The van der Waals surface area contributed by atoms with E-state index in [4.69, 9.17) is 14.2 Å². The lowest BCUT2D eigenvalue weighted by molar-refractivity contribution is -0.374. The van der Waals surface area contributed by atoms with E-state index in [9.17, 15) is 0 Å². The predicted molar refractivity (Wildman–Crippen MR) is 126 cm³/mol. The van der Waals surface area contributed by atoms with Gasteiger partial charge >= 0.3 is 0 Å². The fourth-order valence-corrected chi connectivity index (χ4v) is 8.03. The van der Waals surface area contributed by atoms with Gasteiger partial charge in [0.2, 0.25) is 8.07 Å². The number of rotatable bonds is 11. The van der Waals surface area contributed by atoms with Crippen molar-refractivity contribution in [1.29, 1.82) is 0 Å². The average molecular weight is 427 g/mol. The monoisotopic (exact) mass is 426 g/mol. The van der Waals surface area contributed by atoms with E-state index in [0.29, 0.717) is 39.6 Å². The Labute approximate surface area is 182 Å². The molecular weight excluding hydrogens is 390 g/mol. The molecule has 5 heteroatoms. The lowest BCUT2D eigenvalue weighted by Gasteiger charge is -2.39. The largest absolute Gasteiger partial charge is 0.377 e. The van der Waals surface area contributed by atoms with Crippen LogP contribution >= 0.6 is 0 Å². The molecular formula is C25H36NO3Si+. The van der Waals surface area contributed by atoms with Crippen molar-refractivity contribution in [1.82, 2.24) is 0 Å². The Kier molecular flexibility index (Phi) is 10.3. The summed E-state index contributed by atoms with van der Waals surface area (Å²) in [5, 5.41) is 2.70. The first-order chi connectivity index (χ1) is 14.5. The van der Waals surface area contributed by atoms with Crippen LogP contribution < -0.4 is 16.1 Å². The molecule has 0 aliphatic carbocycles. The van der Waals surface area contributed by atoms with Crippen LogP contribution in [0, 0.1) is 11.5 Å². The van der Waals surface area contributed by atoms with Gasteiger partial charge in [-0.25, -0.2) is 0 Å². The molecule has 0 heterocycles. The SMILES string of the molecule is CC(C)(C)[Si](C#CCOCCOCCOCC[NH3+])(c1ccccc1)c1ccccc1. The molecule has 0 amide bonds. The second-order valence-corrected chi connectivity index (χ2v) is 12.6. The molecule has 30 heavy (non-hydrogen) atoms. The highest BCUT2D eigenvalue weighted by Gasteiger charge is 2.46. The highest BCUT2D eigenvalue weighted by molar-refractivity contribution is 7.10. The first-order valence-electron chi connectivity index (χ1n) is 10.7. The second kappa shape index (κ2) is 12.7. The fourth-order valence-electron chi connectivity index (χ4n) is 3.57. The van der Waals surface area contributed by atoms with Crippen molar-refractivity contribution in [2.75, 3.05) is 46.2 Å². The molecule has 2 rings (SSSR count). The molecule has 2 aromatic rings. The van der Waals surface area contributed by atoms with Crippen LogP contribution in [0.2, 0.25) is 5.04 Å². The van der Waals surface area contributed by atoms with Gasteiger partial charge in [0.25, 0.3) is 0 Å². The molecule has 0 saturated heterocycles. The molecule has 0 fully saturated rings. The summed E-state index contributed by atoms with van der Waals surface area (Å²) in [7, 11) is -2.34. The minimum atomic E-state index is -2.34. The zero-order chi connectivity index (χ0) is 21.7. The molecule has 0 aromatic heterocycles. The molecule has 3 N–H and O–H groups in total. The zero-order valence-corrected chi connectivity index (χ0v) is 19.7. The zero-order valence-electron chi connectivity index (χ0n) is 18.7. The van der Waals surface area contributed by atoms with Gasteiger partial charge < -0.3 is 19.9 Å². The highest BCUT2D eigenvalue weighted by atomic mass is 28.3. The Bertz CT molecular complexity index is 739. The average Bonchev–Trinajstić information content (AvgIpc) is 2.75. The van der Waals surface area contributed by atoms with Crippen molar-refractivity contribution >= 4 is 18.4 Å². The molecule has 0 radical (unpaired) electrons. The van der Waals surface area contributed by atoms with Crippen LogP contribution in [0.3, 0.4) is 0 Å². The standard InChI is InChI=1S/C25H35NO3Si/c1-25(2,3)30(23-11-6-4-7-12-23,24-13-8-5-9-14-24)22-10-16-27-18-20-29-21-19-28-17-15-26/h4-9,11-14H,15-21,26H2,1-3H3/p+1. The summed E-state index contributed by atoms with van der Waals surface area (Å²) >= 11 is 0. The number of quaternary nitrogens is 1. The summed E-state index contributed by atoms with van der Waals surface area (Å²) in [6.07, 6.45) is 0. The van der Waals surface area contributed by atoms with Crippen molar-refractivity contribution < 1.29 is 19.9 Å². The predicted octanol–water partition coefficient (Wildman–Crippen LogP) is 1.88. The minimum absolute atomic E-state index is 0.0276. The van der Waals surface area contributed by atoms with Crippen molar-refractivity contribution in [2.45, 2.75) is 25.8 Å². The van der Waals surface area contributed by atoms with Crippen molar-refractivity contribution in [2.24, 2.45) is 0 Å². The first kappa shape index (κ1) is 24.3. The van der Waals surface area contributed by atoms with Crippen LogP contribution in [0.25, 0.3) is 0 Å². The Morgan fingerprint density at radius 2 is 1.20 bits per heavy atom. The summed E-state index contributed by atoms with van der Waals surface area (Å²) in [5.74, 6) is 3.35. The maximum absolute atomic E-state index is 5.71. The lowest BCUT2D eigenvalue weighted by atomic mass is 10.2. The van der Waals surface area contributed by atoms with Gasteiger partial charge in [-0.05, 0) is 15.4 Å². The van der Waals surface area contributed by atoms with Crippen LogP contribution in [-0.2, 0) is 14.2 Å². The molecule has 0 aliphatic rings. The molecule has 4 nitrogen and oxygen atoms in total. The third kappa shape index (κ3) is 6.80. The maximum atomic E-state index is 5.71. The van der Waals surface area contributed by atoms with E-state index < -0.39 is 8.07 Å². The van der Waals surface area contributed by atoms with E-state index in [0.717, 1.165) is 6.54 Å². The molecule has 0 saturated carbocycles. The van der Waals surface area contributed by atoms with Crippen LogP contribution in [-0.4, -0.2) is 54.3 Å². The minimum Gasteiger partial charge on any atom is -0.377 e. The van der Waals surface area contributed by atoms with Gasteiger partial charge in [-0.2, -0.15) is 0 Å². The van der Waals surface area contributed by atoms with E-state index in [1.54, 1.807) is 0 Å². The van der Waals surface area contributed by atoms with E-state index in [1.807, 2.05) is 0 Å². The third-order valence-electron chi connectivity index (χ3n) is 5.02. The van der Waals surface area contributed by atoms with Crippen LogP contribution in [0.4, 0.5) is 0 Å². The van der Waals surface area contributed by atoms with Crippen LogP contribution in [0.5, 0.6) is 0 Å². The summed E-state index contributed by atoms with van der Waals surface area (Å²) in [6.45, 7) is 11.0.